The summed E-state index contributed by atoms with van der Waals surface area (Å²) in [7, 11) is 1.88. The molecule has 1 aliphatic carbocycles. The molecule has 3 amide bonds. The summed E-state index contributed by atoms with van der Waals surface area (Å²) < 4.78 is 0. The van der Waals surface area contributed by atoms with Crippen LogP contribution in [0.4, 0.5) is 4.79 Å². The summed E-state index contributed by atoms with van der Waals surface area (Å²) in [5.41, 5.74) is 0.297. The molecule has 1 saturated heterocycles. The quantitative estimate of drug-likeness (QED) is 0.798. The maximum Gasteiger partial charge on any atom is 0.326 e. The van der Waals surface area contributed by atoms with Gasteiger partial charge in [0.15, 0.2) is 0 Å². The first-order valence-electron chi connectivity index (χ1n) is 8.68. The van der Waals surface area contributed by atoms with Gasteiger partial charge in [0.25, 0.3) is 5.91 Å². The number of carbonyl (C=O) groups excluding carboxylic acids is 2. The molecular weight excluding hydrogens is 361 g/mol. The van der Waals surface area contributed by atoms with Crippen LogP contribution in [0.1, 0.15) is 44.1 Å². The number of benzene rings is 1. The third-order valence-corrected chi connectivity index (χ3v) is 5.76. The van der Waals surface area contributed by atoms with Crippen LogP contribution in [0.25, 0.3) is 0 Å². The summed E-state index contributed by atoms with van der Waals surface area (Å²) in [5.74, 6) is -0.0830. The van der Waals surface area contributed by atoms with Crippen molar-refractivity contribution >= 4 is 35.1 Å². The SMILES string of the molecule is CN(Cc1ccc(Cl)c(Cl)c1)CN1C(=O)NC2(CCCCCC2)C1=O. The highest BCUT2D eigenvalue weighted by Crippen LogP contribution is 2.32. The molecule has 1 heterocycles. The zero-order valence-corrected chi connectivity index (χ0v) is 15.9. The summed E-state index contributed by atoms with van der Waals surface area (Å²) in [5, 5.41) is 3.98. The Hall–Kier alpha value is -1.30. The third-order valence-electron chi connectivity index (χ3n) is 5.02. The molecule has 0 radical (unpaired) electrons. The van der Waals surface area contributed by atoms with Crippen molar-refractivity contribution in [2.75, 3.05) is 13.7 Å². The predicted molar refractivity (Wildman–Crippen MR) is 98.6 cm³/mol. The lowest BCUT2D eigenvalue weighted by atomic mass is 9.90. The van der Waals surface area contributed by atoms with Crippen LogP contribution in [0.15, 0.2) is 18.2 Å². The van der Waals surface area contributed by atoms with E-state index in [0.717, 1.165) is 44.1 Å². The molecule has 2 fully saturated rings. The minimum atomic E-state index is -0.683. The Bertz CT molecular complexity index is 672. The molecule has 5 nitrogen and oxygen atoms in total. The fraction of sp³-hybridized carbons (Fsp3) is 0.556. The van der Waals surface area contributed by atoms with Crippen LogP contribution >= 0.6 is 23.2 Å². The number of carbonyl (C=O) groups is 2. The molecule has 3 rings (SSSR count). The van der Waals surface area contributed by atoms with E-state index in [4.69, 9.17) is 23.2 Å². The first-order chi connectivity index (χ1) is 11.9. The zero-order valence-electron chi connectivity index (χ0n) is 14.4. The molecule has 136 valence electrons. The van der Waals surface area contributed by atoms with Gasteiger partial charge in [0.1, 0.15) is 5.54 Å². The first kappa shape index (κ1) is 18.5. The van der Waals surface area contributed by atoms with Crippen LogP contribution in [0, 0.1) is 0 Å². The highest BCUT2D eigenvalue weighted by molar-refractivity contribution is 6.42. The van der Waals surface area contributed by atoms with Gasteiger partial charge in [-0.15, -0.1) is 0 Å². The molecule has 25 heavy (non-hydrogen) atoms. The second-order valence-electron chi connectivity index (χ2n) is 7.06. The van der Waals surface area contributed by atoms with E-state index in [9.17, 15) is 9.59 Å². The molecule has 1 spiro atoms. The zero-order chi connectivity index (χ0) is 18.0. The number of nitrogens with one attached hydrogen (secondary N) is 1. The Kier molecular flexibility index (Phi) is 5.56. The molecule has 2 aliphatic rings. The molecule has 1 saturated carbocycles. The van der Waals surface area contributed by atoms with E-state index in [0.29, 0.717) is 16.6 Å². The Morgan fingerprint density at radius 2 is 1.80 bits per heavy atom. The van der Waals surface area contributed by atoms with E-state index < -0.39 is 5.54 Å². The van der Waals surface area contributed by atoms with E-state index >= 15 is 0 Å². The Morgan fingerprint density at radius 3 is 2.44 bits per heavy atom. The molecule has 1 aromatic rings. The van der Waals surface area contributed by atoms with Crippen molar-refractivity contribution in [3.8, 4) is 0 Å². The molecule has 0 bridgehead atoms. The number of imide groups is 1. The monoisotopic (exact) mass is 383 g/mol. The van der Waals surface area contributed by atoms with Gasteiger partial charge in [-0.25, -0.2) is 9.69 Å². The number of hydrogen-bond acceptors (Lipinski definition) is 3. The number of amides is 3. The number of nitrogens with zero attached hydrogens (tertiary/aromatic N) is 2. The third kappa shape index (κ3) is 3.94. The lowest BCUT2D eigenvalue weighted by Gasteiger charge is -2.26. The molecule has 0 atom stereocenters. The largest absolute Gasteiger partial charge is 0.326 e. The van der Waals surface area contributed by atoms with Gasteiger partial charge in [-0.3, -0.25) is 9.69 Å². The second kappa shape index (κ2) is 7.52. The van der Waals surface area contributed by atoms with E-state index in [1.807, 2.05) is 18.0 Å². The smallest absolute Gasteiger partial charge is 0.323 e. The van der Waals surface area contributed by atoms with E-state index in [1.54, 1.807) is 12.1 Å². The second-order valence-corrected chi connectivity index (χ2v) is 7.88. The van der Waals surface area contributed by atoms with Crippen LogP contribution in [0.3, 0.4) is 0 Å². The molecule has 0 aromatic heterocycles. The van der Waals surface area contributed by atoms with Crippen LogP contribution in [-0.2, 0) is 11.3 Å². The fourth-order valence-electron chi connectivity index (χ4n) is 3.72. The summed E-state index contributed by atoms with van der Waals surface area (Å²) in [6, 6.07) is 5.16. The maximum atomic E-state index is 12.9. The van der Waals surface area contributed by atoms with Gasteiger partial charge in [0, 0.05) is 6.54 Å². The summed E-state index contributed by atoms with van der Waals surface area (Å²) in [6.07, 6.45) is 5.71. The molecule has 1 N–H and O–H groups in total. The van der Waals surface area contributed by atoms with Crippen molar-refractivity contribution in [1.82, 2.24) is 15.1 Å². The van der Waals surface area contributed by atoms with Crippen molar-refractivity contribution in [2.24, 2.45) is 0 Å². The van der Waals surface area contributed by atoms with Gasteiger partial charge in [-0.1, -0.05) is 55.0 Å². The standard InChI is InChI=1S/C18H23Cl2N3O2/c1-22(11-13-6-7-14(19)15(20)10-13)12-23-16(24)18(21-17(23)25)8-4-2-3-5-9-18/h6-7,10H,2-5,8-9,11-12H2,1H3,(H,21,25). The van der Waals surface area contributed by atoms with Crippen LogP contribution in [0.2, 0.25) is 10.0 Å². The molecule has 1 aromatic carbocycles. The molecular formula is C18H23Cl2N3O2. The Balaban J connectivity index is 1.66. The number of rotatable bonds is 4. The van der Waals surface area contributed by atoms with Crippen LogP contribution in [-0.4, -0.2) is 41.0 Å². The first-order valence-corrected chi connectivity index (χ1v) is 9.43. The minimum Gasteiger partial charge on any atom is -0.323 e. The maximum absolute atomic E-state index is 12.9. The van der Waals surface area contributed by atoms with Gasteiger partial charge >= 0.3 is 6.03 Å². The van der Waals surface area contributed by atoms with Crippen molar-refractivity contribution in [3.05, 3.63) is 33.8 Å². The van der Waals surface area contributed by atoms with E-state index in [2.05, 4.69) is 5.32 Å². The molecule has 7 heteroatoms. The predicted octanol–water partition coefficient (Wildman–Crippen LogP) is 4.03. The minimum absolute atomic E-state index is 0.0830. The highest BCUT2D eigenvalue weighted by Gasteiger charge is 2.50. The lowest BCUT2D eigenvalue weighted by molar-refractivity contribution is -0.133. The summed E-state index contributed by atoms with van der Waals surface area (Å²) in [6.45, 7) is 0.827. The number of hydrogen-bond donors (Lipinski definition) is 1. The summed E-state index contributed by atoms with van der Waals surface area (Å²) in [4.78, 5) is 28.6. The molecule has 1 aliphatic heterocycles. The van der Waals surface area contributed by atoms with Gasteiger partial charge in [-0.2, -0.15) is 0 Å². The number of urea groups is 1. The van der Waals surface area contributed by atoms with Gasteiger partial charge < -0.3 is 5.32 Å². The van der Waals surface area contributed by atoms with Crippen molar-refractivity contribution < 1.29 is 9.59 Å². The van der Waals surface area contributed by atoms with Gasteiger partial charge in [-0.05, 0) is 37.6 Å². The van der Waals surface area contributed by atoms with Crippen molar-refractivity contribution in [3.63, 3.8) is 0 Å². The highest BCUT2D eigenvalue weighted by atomic mass is 35.5. The fourth-order valence-corrected chi connectivity index (χ4v) is 4.04. The van der Waals surface area contributed by atoms with Crippen molar-refractivity contribution in [2.45, 2.75) is 50.6 Å². The van der Waals surface area contributed by atoms with E-state index in [-0.39, 0.29) is 18.6 Å². The summed E-state index contributed by atoms with van der Waals surface area (Å²) >= 11 is 12.0. The topological polar surface area (TPSA) is 52.6 Å². The molecule has 0 unspecified atom stereocenters. The number of halogens is 2. The lowest BCUT2D eigenvalue weighted by Crippen LogP contribution is -2.47. The average Bonchev–Trinajstić information content (AvgIpc) is 2.74. The van der Waals surface area contributed by atoms with Gasteiger partial charge in [0.05, 0.1) is 16.7 Å². The van der Waals surface area contributed by atoms with E-state index in [1.165, 1.54) is 4.90 Å². The van der Waals surface area contributed by atoms with Crippen LogP contribution < -0.4 is 5.32 Å². The van der Waals surface area contributed by atoms with Crippen molar-refractivity contribution in [1.29, 1.82) is 0 Å². The Morgan fingerprint density at radius 1 is 1.12 bits per heavy atom. The average molecular weight is 384 g/mol. The Labute approximate surface area is 158 Å². The normalized spacial score (nSPS) is 20.2. The van der Waals surface area contributed by atoms with Crippen LogP contribution in [0.5, 0.6) is 0 Å². The van der Waals surface area contributed by atoms with Gasteiger partial charge in [0.2, 0.25) is 0 Å².